The molecule has 0 fully saturated rings. The summed E-state index contributed by atoms with van der Waals surface area (Å²) in [6.07, 6.45) is 3.89. The summed E-state index contributed by atoms with van der Waals surface area (Å²) in [4.78, 5) is 6.76. The van der Waals surface area contributed by atoms with Crippen molar-refractivity contribution in [3.05, 3.63) is 58.2 Å². The molecule has 20 heavy (non-hydrogen) atoms. The summed E-state index contributed by atoms with van der Waals surface area (Å²) in [5.41, 5.74) is 9.46. The number of rotatable bonds is 2. The van der Waals surface area contributed by atoms with Crippen LogP contribution in [-0.2, 0) is 19.4 Å². The van der Waals surface area contributed by atoms with Crippen LogP contribution in [0.15, 0.2) is 36.5 Å². The van der Waals surface area contributed by atoms with E-state index in [1.807, 2.05) is 12.3 Å². The lowest BCUT2D eigenvalue weighted by Crippen LogP contribution is -2.27. The fourth-order valence-corrected chi connectivity index (χ4v) is 3.00. The summed E-state index contributed by atoms with van der Waals surface area (Å²) in [5, 5.41) is 0.693. The maximum absolute atomic E-state index is 6.35. The van der Waals surface area contributed by atoms with Crippen molar-refractivity contribution >= 4 is 17.4 Å². The van der Waals surface area contributed by atoms with Crippen LogP contribution in [0.5, 0.6) is 0 Å². The fraction of sp³-hybridized carbons (Fsp3) is 0.312. The standard InChI is InChI=1S/C16H18ClN3/c17-15-9-12(10-18)11-19-16(15)20-7-5-13-3-1-2-4-14(13)6-8-20/h1-4,9,11H,5-8,10,18H2. The topological polar surface area (TPSA) is 42.1 Å². The Balaban J connectivity index is 1.83. The number of pyridine rings is 1. The summed E-state index contributed by atoms with van der Waals surface area (Å²) in [5.74, 6) is 0.872. The molecule has 1 aromatic heterocycles. The molecule has 3 nitrogen and oxygen atoms in total. The van der Waals surface area contributed by atoms with E-state index in [0.29, 0.717) is 11.6 Å². The van der Waals surface area contributed by atoms with E-state index in [2.05, 4.69) is 34.1 Å². The Hall–Kier alpha value is -1.58. The summed E-state index contributed by atoms with van der Waals surface area (Å²) in [6.45, 7) is 2.37. The van der Waals surface area contributed by atoms with Crippen molar-refractivity contribution in [1.82, 2.24) is 4.98 Å². The van der Waals surface area contributed by atoms with Gasteiger partial charge in [-0.3, -0.25) is 0 Å². The number of hydrogen-bond donors (Lipinski definition) is 1. The van der Waals surface area contributed by atoms with Crippen molar-refractivity contribution in [3.8, 4) is 0 Å². The minimum absolute atomic E-state index is 0.471. The molecule has 0 saturated heterocycles. The van der Waals surface area contributed by atoms with E-state index >= 15 is 0 Å². The first kappa shape index (κ1) is 13.4. The van der Waals surface area contributed by atoms with E-state index in [-0.39, 0.29) is 0 Å². The quantitative estimate of drug-likeness (QED) is 0.923. The van der Waals surface area contributed by atoms with Crippen LogP contribution < -0.4 is 10.6 Å². The van der Waals surface area contributed by atoms with Gasteiger partial charge in [0.25, 0.3) is 0 Å². The van der Waals surface area contributed by atoms with Crippen molar-refractivity contribution in [2.75, 3.05) is 18.0 Å². The zero-order chi connectivity index (χ0) is 13.9. The second-order valence-electron chi connectivity index (χ2n) is 5.11. The van der Waals surface area contributed by atoms with Gasteiger partial charge in [0.1, 0.15) is 5.82 Å². The Bertz CT molecular complexity index is 585. The SMILES string of the molecule is NCc1cnc(N2CCc3ccccc3CC2)c(Cl)c1. The normalized spacial score (nSPS) is 14.8. The van der Waals surface area contributed by atoms with Crippen LogP contribution in [-0.4, -0.2) is 18.1 Å². The van der Waals surface area contributed by atoms with Gasteiger partial charge in [-0.15, -0.1) is 0 Å². The predicted octanol–water partition coefficient (Wildman–Crippen LogP) is 2.80. The Labute approximate surface area is 124 Å². The molecule has 0 aliphatic carbocycles. The average molecular weight is 288 g/mol. The fourth-order valence-electron chi connectivity index (χ4n) is 2.69. The Morgan fingerprint density at radius 1 is 1.15 bits per heavy atom. The molecule has 2 aromatic rings. The first-order valence-corrected chi connectivity index (χ1v) is 7.32. The maximum atomic E-state index is 6.35. The highest BCUT2D eigenvalue weighted by molar-refractivity contribution is 6.33. The first-order valence-electron chi connectivity index (χ1n) is 6.94. The number of hydrogen-bond acceptors (Lipinski definition) is 3. The van der Waals surface area contributed by atoms with Gasteiger partial charge >= 0.3 is 0 Å². The molecule has 3 rings (SSSR count). The monoisotopic (exact) mass is 287 g/mol. The van der Waals surface area contributed by atoms with E-state index in [4.69, 9.17) is 17.3 Å². The second kappa shape index (κ2) is 5.81. The van der Waals surface area contributed by atoms with Crippen molar-refractivity contribution in [2.24, 2.45) is 5.73 Å². The lowest BCUT2D eigenvalue weighted by Gasteiger charge is -2.22. The molecule has 2 N–H and O–H groups in total. The minimum Gasteiger partial charge on any atom is -0.355 e. The Morgan fingerprint density at radius 3 is 2.35 bits per heavy atom. The smallest absolute Gasteiger partial charge is 0.147 e. The third kappa shape index (κ3) is 2.65. The highest BCUT2D eigenvalue weighted by atomic mass is 35.5. The van der Waals surface area contributed by atoms with E-state index in [9.17, 15) is 0 Å². The van der Waals surface area contributed by atoms with Gasteiger partial charge in [0.2, 0.25) is 0 Å². The van der Waals surface area contributed by atoms with Crippen LogP contribution in [0.3, 0.4) is 0 Å². The second-order valence-corrected chi connectivity index (χ2v) is 5.52. The molecule has 0 unspecified atom stereocenters. The molecule has 0 bridgehead atoms. The van der Waals surface area contributed by atoms with E-state index < -0.39 is 0 Å². The van der Waals surface area contributed by atoms with Crippen LogP contribution in [0, 0.1) is 0 Å². The molecule has 104 valence electrons. The molecule has 0 amide bonds. The van der Waals surface area contributed by atoms with Crippen LogP contribution in [0.4, 0.5) is 5.82 Å². The van der Waals surface area contributed by atoms with Gasteiger partial charge in [-0.25, -0.2) is 4.98 Å². The van der Waals surface area contributed by atoms with Crippen LogP contribution in [0.2, 0.25) is 5.02 Å². The minimum atomic E-state index is 0.471. The van der Waals surface area contributed by atoms with Crippen molar-refractivity contribution < 1.29 is 0 Å². The molecule has 0 saturated carbocycles. The summed E-state index contributed by atoms with van der Waals surface area (Å²) in [7, 11) is 0. The molecule has 4 heteroatoms. The van der Waals surface area contributed by atoms with Crippen LogP contribution >= 0.6 is 11.6 Å². The van der Waals surface area contributed by atoms with Crippen LogP contribution in [0.25, 0.3) is 0 Å². The summed E-state index contributed by atoms with van der Waals surface area (Å²) < 4.78 is 0. The van der Waals surface area contributed by atoms with Crippen molar-refractivity contribution in [1.29, 1.82) is 0 Å². The first-order chi connectivity index (χ1) is 9.78. The number of halogens is 1. The zero-order valence-electron chi connectivity index (χ0n) is 11.3. The van der Waals surface area contributed by atoms with Gasteiger partial charge in [-0.05, 0) is 35.6 Å². The highest BCUT2D eigenvalue weighted by Crippen LogP contribution is 2.26. The molecule has 1 aromatic carbocycles. The zero-order valence-corrected chi connectivity index (χ0v) is 12.1. The van der Waals surface area contributed by atoms with E-state index in [0.717, 1.165) is 37.3 Å². The number of anilines is 1. The molecule has 1 aliphatic rings. The lowest BCUT2D eigenvalue weighted by atomic mass is 10.0. The molecule has 2 heterocycles. The van der Waals surface area contributed by atoms with Crippen LogP contribution in [0.1, 0.15) is 16.7 Å². The van der Waals surface area contributed by atoms with E-state index in [1.54, 1.807) is 0 Å². The van der Waals surface area contributed by atoms with Gasteiger partial charge in [-0.2, -0.15) is 0 Å². The summed E-state index contributed by atoms with van der Waals surface area (Å²) in [6, 6.07) is 10.6. The van der Waals surface area contributed by atoms with Gasteiger partial charge in [0, 0.05) is 25.8 Å². The third-order valence-corrected chi connectivity index (χ3v) is 4.11. The average Bonchev–Trinajstić information content (AvgIpc) is 2.70. The van der Waals surface area contributed by atoms with Crippen molar-refractivity contribution in [3.63, 3.8) is 0 Å². The molecular formula is C16H18ClN3. The Morgan fingerprint density at radius 2 is 1.80 bits per heavy atom. The Kier molecular flexibility index (Phi) is 3.90. The number of nitrogens with zero attached hydrogens (tertiary/aromatic N) is 2. The van der Waals surface area contributed by atoms with Crippen molar-refractivity contribution in [2.45, 2.75) is 19.4 Å². The number of fused-ring (bicyclic) bond motifs is 1. The van der Waals surface area contributed by atoms with Gasteiger partial charge < -0.3 is 10.6 Å². The third-order valence-electron chi connectivity index (χ3n) is 3.83. The molecule has 0 atom stereocenters. The van der Waals surface area contributed by atoms with Gasteiger partial charge in [-0.1, -0.05) is 35.9 Å². The number of aromatic nitrogens is 1. The predicted molar refractivity (Wildman–Crippen MR) is 83.2 cm³/mol. The molecular weight excluding hydrogens is 270 g/mol. The highest BCUT2D eigenvalue weighted by Gasteiger charge is 2.17. The molecule has 0 radical (unpaired) electrons. The van der Waals surface area contributed by atoms with Gasteiger partial charge in [0.05, 0.1) is 5.02 Å². The number of benzene rings is 1. The maximum Gasteiger partial charge on any atom is 0.147 e. The lowest BCUT2D eigenvalue weighted by molar-refractivity contribution is 0.789. The summed E-state index contributed by atoms with van der Waals surface area (Å²) >= 11 is 6.35. The largest absolute Gasteiger partial charge is 0.355 e. The van der Waals surface area contributed by atoms with Gasteiger partial charge in [0.15, 0.2) is 0 Å². The molecule has 0 spiro atoms. The number of nitrogens with two attached hydrogens (primary N) is 1. The van der Waals surface area contributed by atoms with E-state index in [1.165, 1.54) is 11.1 Å². The molecule has 1 aliphatic heterocycles.